The Balaban J connectivity index is 1.57. The summed E-state index contributed by atoms with van der Waals surface area (Å²) in [6.45, 7) is 7.99. The zero-order chi connectivity index (χ0) is 29.0. The minimum Gasteiger partial charge on any atom is -0.490 e. The molecule has 2 amide bonds. The third kappa shape index (κ3) is 6.89. The molecule has 216 valence electrons. The van der Waals surface area contributed by atoms with E-state index in [2.05, 4.69) is 22.5 Å². The Morgan fingerprint density at radius 3 is 2.50 bits per heavy atom. The number of halogens is 1. The standard InChI is InChI=1S/C31H40ClN3O5/c1-19-15-20-9-7-6-8-10-24-25(28(36)33-18-26(20)29(34-19)39-5)16-21(32)17-27(24)40-23-13-11-22(12-14-23)35(30(37)38)31(2,3)4/h6,8,15-17,22-23H,7,9-14,18H2,1-5H3,(H,33,36)(H,37,38)/b8-6-. The lowest BCUT2D eigenvalue weighted by molar-refractivity contribution is 0.0366. The van der Waals surface area contributed by atoms with E-state index in [-0.39, 0.29) is 24.6 Å². The van der Waals surface area contributed by atoms with Crippen LogP contribution >= 0.6 is 11.6 Å². The van der Waals surface area contributed by atoms with E-state index in [1.54, 1.807) is 24.1 Å². The topological polar surface area (TPSA) is 101 Å². The Morgan fingerprint density at radius 2 is 1.85 bits per heavy atom. The zero-order valence-electron chi connectivity index (χ0n) is 24.1. The average molecular weight is 570 g/mol. The van der Waals surface area contributed by atoms with Crippen molar-refractivity contribution in [1.29, 1.82) is 0 Å². The molecular formula is C31H40ClN3O5. The SMILES string of the molecule is COc1nc(C)cc2c1CNC(=O)c1cc(Cl)cc(OC3CCC(N(C(=O)O)C(C)(C)C)CC3)c1C/C=C\CC2. The number of nitrogens with one attached hydrogen (secondary N) is 1. The molecule has 1 aliphatic heterocycles. The Hall–Kier alpha value is -3.26. The number of amides is 2. The minimum absolute atomic E-state index is 0.0517. The first-order valence-corrected chi connectivity index (χ1v) is 14.3. The monoisotopic (exact) mass is 569 g/mol. The highest BCUT2D eigenvalue weighted by molar-refractivity contribution is 6.31. The van der Waals surface area contributed by atoms with Crippen molar-refractivity contribution >= 4 is 23.6 Å². The molecule has 4 rings (SSSR count). The number of hydrogen-bond donors (Lipinski definition) is 2. The van der Waals surface area contributed by atoms with Gasteiger partial charge in [-0.2, -0.15) is 0 Å². The number of carboxylic acid groups (broad SMARTS) is 1. The van der Waals surface area contributed by atoms with Crippen LogP contribution in [0.5, 0.6) is 11.6 Å². The number of rotatable bonds is 4. The average Bonchev–Trinajstić information content (AvgIpc) is 2.87. The van der Waals surface area contributed by atoms with Gasteiger partial charge in [0.25, 0.3) is 5.91 Å². The van der Waals surface area contributed by atoms with Crippen LogP contribution in [0, 0.1) is 6.92 Å². The molecule has 9 heteroatoms. The molecule has 0 saturated heterocycles. The van der Waals surface area contributed by atoms with Crippen molar-refractivity contribution < 1.29 is 24.2 Å². The van der Waals surface area contributed by atoms with Crippen molar-refractivity contribution in [2.45, 2.75) is 96.9 Å². The van der Waals surface area contributed by atoms with E-state index < -0.39 is 11.6 Å². The summed E-state index contributed by atoms with van der Waals surface area (Å²) in [7, 11) is 1.59. The summed E-state index contributed by atoms with van der Waals surface area (Å²) < 4.78 is 12.0. The summed E-state index contributed by atoms with van der Waals surface area (Å²) in [4.78, 5) is 31.5. The Kier molecular flexibility index (Phi) is 9.29. The molecule has 0 bridgehead atoms. The summed E-state index contributed by atoms with van der Waals surface area (Å²) in [5.74, 6) is 0.884. The molecule has 1 aromatic carbocycles. The first kappa shape index (κ1) is 29.7. The van der Waals surface area contributed by atoms with E-state index in [1.165, 1.54) is 0 Å². The van der Waals surface area contributed by atoms with Gasteiger partial charge in [0.05, 0.1) is 13.2 Å². The van der Waals surface area contributed by atoms with Crippen LogP contribution in [-0.4, -0.2) is 51.8 Å². The van der Waals surface area contributed by atoms with Crippen molar-refractivity contribution in [1.82, 2.24) is 15.2 Å². The molecule has 0 radical (unpaired) electrons. The number of aryl methyl sites for hydroxylation is 2. The van der Waals surface area contributed by atoms with Crippen LogP contribution in [-0.2, 0) is 19.4 Å². The van der Waals surface area contributed by atoms with Crippen molar-refractivity contribution in [2.75, 3.05) is 7.11 Å². The van der Waals surface area contributed by atoms with Crippen molar-refractivity contribution in [3.63, 3.8) is 0 Å². The van der Waals surface area contributed by atoms with Gasteiger partial charge in [-0.1, -0.05) is 23.8 Å². The van der Waals surface area contributed by atoms with Gasteiger partial charge in [0.15, 0.2) is 0 Å². The highest BCUT2D eigenvalue weighted by Gasteiger charge is 2.36. The third-order valence-corrected chi connectivity index (χ3v) is 7.86. The highest BCUT2D eigenvalue weighted by Crippen LogP contribution is 2.35. The smallest absolute Gasteiger partial charge is 0.407 e. The van der Waals surface area contributed by atoms with Crippen LogP contribution in [0.25, 0.3) is 0 Å². The fourth-order valence-electron chi connectivity index (χ4n) is 5.86. The predicted molar refractivity (Wildman–Crippen MR) is 156 cm³/mol. The number of fused-ring (bicyclic) bond motifs is 2. The lowest BCUT2D eigenvalue weighted by Crippen LogP contribution is -2.52. The molecule has 1 aromatic heterocycles. The maximum Gasteiger partial charge on any atom is 0.407 e. The van der Waals surface area contributed by atoms with E-state index in [4.69, 9.17) is 21.1 Å². The van der Waals surface area contributed by atoms with Crippen LogP contribution in [0.3, 0.4) is 0 Å². The maximum absolute atomic E-state index is 13.5. The normalized spacial score (nSPS) is 20.6. The number of benzene rings is 1. The number of methoxy groups -OCH3 is 1. The lowest BCUT2D eigenvalue weighted by Gasteiger charge is -2.42. The molecule has 40 heavy (non-hydrogen) atoms. The fourth-order valence-corrected chi connectivity index (χ4v) is 6.07. The van der Waals surface area contributed by atoms with Gasteiger partial charge in [0, 0.05) is 45.5 Å². The van der Waals surface area contributed by atoms with Crippen molar-refractivity contribution in [2.24, 2.45) is 0 Å². The van der Waals surface area contributed by atoms with E-state index in [0.29, 0.717) is 41.5 Å². The molecule has 2 N–H and O–H groups in total. The van der Waals surface area contributed by atoms with Crippen LogP contribution < -0.4 is 14.8 Å². The molecule has 0 spiro atoms. The summed E-state index contributed by atoms with van der Waals surface area (Å²) in [6, 6.07) is 5.47. The summed E-state index contributed by atoms with van der Waals surface area (Å²) in [5.41, 5.74) is 3.65. The number of aromatic nitrogens is 1. The molecule has 2 aromatic rings. The van der Waals surface area contributed by atoms with E-state index in [0.717, 1.165) is 48.1 Å². The first-order chi connectivity index (χ1) is 19.0. The number of hydrogen-bond acceptors (Lipinski definition) is 5. The summed E-state index contributed by atoms with van der Waals surface area (Å²) in [6.07, 6.45) is 8.27. The van der Waals surface area contributed by atoms with E-state index >= 15 is 0 Å². The molecule has 0 unspecified atom stereocenters. The van der Waals surface area contributed by atoms with Crippen LogP contribution in [0.2, 0.25) is 5.02 Å². The Bertz CT molecular complexity index is 1280. The molecule has 1 saturated carbocycles. The van der Waals surface area contributed by atoms with Crippen molar-refractivity contribution in [3.8, 4) is 11.6 Å². The quantitative estimate of drug-likeness (QED) is 0.408. The van der Waals surface area contributed by atoms with Gasteiger partial charge in [-0.25, -0.2) is 9.78 Å². The molecule has 2 aliphatic rings. The number of carbonyl (C=O) groups is 2. The zero-order valence-corrected chi connectivity index (χ0v) is 24.8. The lowest BCUT2D eigenvalue weighted by atomic mass is 9.89. The third-order valence-electron chi connectivity index (χ3n) is 7.64. The van der Waals surface area contributed by atoms with Crippen LogP contribution in [0.15, 0.2) is 30.4 Å². The second kappa shape index (κ2) is 12.5. The van der Waals surface area contributed by atoms with E-state index in [9.17, 15) is 14.7 Å². The van der Waals surface area contributed by atoms with Gasteiger partial charge >= 0.3 is 6.09 Å². The van der Waals surface area contributed by atoms with Gasteiger partial charge in [-0.05, 0) is 96.4 Å². The van der Waals surface area contributed by atoms with E-state index in [1.807, 2.05) is 33.8 Å². The molecule has 2 heterocycles. The fraction of sp³-hybridized carbons (Fsp3) is 0.516. The maximum atomic E-state index is 13.5. The Morgan fingerprint density at radius 1 is 1.12 bits per heavy atom. The predicted octanol–water partition coefficient (Wildman–Crippen LogP) is 6.50. The second-order valence-corrected chi connectivity index (χ2v) is 12.0. The molecule has 8 nitrogen and oxygen atoms in total. The molecule has 1 aliphatic carbocycles. The van der Waals surface area contributed by atoms with Crippen LogP contribution in [0.1, 0.15) is 85.6 Å². The van der Waals surface area contributed by atoms with Gasteiger partial charge in [-0.15, -0.1) is 0 Å². The van der Waals surface area contributed by atoms with Crippen molar-refractivity contribution in [3.05, 3.63) is 63.3 Å². The highest BCUT2D eigenvalue weighted by atomic mass is 35.5. The minimum atomic E-state index is -0.893. The summed E-state index contributed by atoms with van der Waals surface area (Å²) >= 11 is 6.51. The first-order valence-electron chi connectivity index (χ1n) is 14.0. The number of nitrogens with zero attached hydrogens (tertiary/aromatic N) is 2. The number of pyridine rings is 1. The second-order valence-electron chi connectivity index (χ2n) is 11.6. The van der Waals surface area contributed by atoms with Gasteiger partial charge in [0.1, 0.15) is 5.75 Å². The molecule has 0 atom stereocenters. The molecule has 1 fully saturated rings. The summed E-state index contributed by atoms with van der Waals surface area (Å²) in [5, 5.41) is 13.3. The Labute approximate surface area is 241 Å². The number of allylic oxidation sites excluding steroid dienone is 2. The van der Waals surface area contributed by atoms with Gasteiger partial charge < -0.3 is 24.8 Å². The molecular weight excluding hydrogens is 530 g/mol. The van der Waals surface area contributed by atoms with Crippen LogP contribution in [0.4, 0.5) is 4.79 Å². The van der Waals surface area contributed by atoms with Gasteiger partial charge in [-0.3, -0.25) is 4.79 Å². The number of ether oxygens (including phenoxy) is 2. The largest absolute Gasteiger partial charge is 0.490 e. The van der Waals surface area contributed by atoms with Gasteiger partial charge in [0.2, 0.25) is 5.88 Å². The number of carbonyl (C=O) groups excluding carboxylic acids is 1.